The Morgan fingerprint density at radius 2 is 2.25 bits per heavy atom. The number of hydrogen-bond donors (Lipinski definition) is 3. The van der Waals surface area contributed by atoms with Crippen LogP contribution in [0.2, 0.25) is 5.15 Å². The van der Waals surface area contributed by atoms with Crippen LogP contribution >= 0.6 is 11.6 Å². The monoisotopic (exact) mass is 242 g/mol. The zero-order valence-corrected chi connectivity index (χ0v) is 9.61. The van der Waals surface area contributed by atoms with E-state index in [-0.39, 0.29) is 17.3 Å². The van der Waals surface area contributed by atoms with E-state index in [1.165, 1.54) is 6.33 Å². The molecule has 1 aliphatic rings. The zero-order chi connectivity index (χ0) is 11.5. The fourth-order valence-corrected chi connectivity index (χ4v) is 2.11. The maximum atomic E-state index is 9.55. The van der Waals surface area contributed by atoms with Gasteiger partial charge in [0, 0.05) is 6.04 Å². The number of rotatable bonds is 2. The lowest BCUT2D eigenvalue weighted by atomic mass is 9.93. The molecule has 0 saturated heterocycles. The van der Waals surface area contributed by atoms with Crippen LogP contribution in [-0.4, -0.2) is 27.2 Å². The Labute approximate surface area is 99.0 Å². The summed E-state index contributed by atoms with van der Waals surface area (Å²) in [7, 11) is 0. The van der Waals surface area contributed by atoms with E-state index < -0.39 is 0 Å². The van der Waals surface area contributed by atoms with E-state index in [1.807, 2.05) is 0 Å². The highest BCUT2D eigenvalue weighted by atomic mass is 35.5. The number of aliphatic hydroxyl groups is 1. The van der Waals surface area contributed by atoms with Gasteiger partial charge in [0.2, 0.25) is 0 Å². The Balaban J connectivity index is 2.05. The Kier molecular flexibility index (Phi) is 3.46. The molecule has 2 unspecified atom stereocenters. The minimum atomic E-state index is -0.232. The van der Waals surface area contributed by atoms with Gasteiger partial charge in [0.1, 0.15) is 12.0 Å². The van der Waals surface area contributed by atoms with Crippen molar-refractivity contribution in [3.05, 3.63) is 11.5 Å². The van der Waals surface area contributed by atoms with Gasteiger partial charge in [-0.1, -0.05) is 11.6 Å². The summed E-state index contributed by atoms with van der Waals surface area (Å²) in [6.07, 6.45) is 4.76. The predicted molar refractivity (Wildman–Crippen MR) is 63.3 cm³/mol. The lowest BCUT2D eigenvalue weighted by Crippen LogP contribution is -2.30. The third kappa shape index (κ3) is 2.54. The number of aromatic nitrogens is 2. The summed E-state index contributed by atoms with van der Waals surface area (Å²) < 4.78 is 0. The third-order valence-electron chi connectivity index (χ3n) is 2.82. The summed E-state index contributed by atoms with van der Waals surface area (Å²) in [6, 6.07) is 0.206. The summed E-state index contributed by atoms with van der Waals surface area (Å²) in [5, 5.41) is 13.0. The van der Waals surface area contributed by atoms with Gasteiger partial charge in [-0.05, 0) is 25.7 Å². The van der Waals surface area contributed by atoms with Crippen LogP contribution in [0.25, 0.3) is 0 Å². The smallest absolute Gasteiger partial charge is 0.157 e. The normalized spacial score (nSPS) is 25.4. The Morgan fingerprint density at radius 3 is 3.00 bits per heavy atom. The van der Waals surface area contributed by atoms with E-state index >= 15 is 0 Å². The molecule has 1 aromatic rings. The molecule has 0 spiro atoms. The van der Waals surface area contributed by atoms with Crippen LogP contribution in [0.1, 0.15) is 25.7 Å². The highest BCUT2D eigenvalue weighted by Crippen LogP contribution is 2.26. The number of hydrogen-bond acceptors (Lipinski definition) is 5. The molecule has 88 valence electrons. The van der Waals surface area contributed by atoms with E-state index in [1.54, 1.807) is 0 Å². The summed E-state index contributed by atoms with van der Waals surface area (Å²) in [5.74, 6) is 0.555. The molecule has 5 nitrogen and oxygen atoms in total. The van der Waals surface area contributed by atoms with Crippen LogP contribution in [0.3, 0.4) is 0 Å². The number of aliphatic hydroxyl groups excluding tert-OH is 1. The molecule has 2 rings (SSSR count). The van der Waals surface area contributed by atoms with Crippen LogP contribution in [0.5, 0.6) is 0 Å². The second-order valence-corrected chi connectivity index (χ2v) is 4.45. The summed E-state index contributed by atoms with van der Waals surface area (Å²) in [4.78, 5) is 7.83. The molecule has 0 amide bonds. The number of nitrogen functional groups attached to an aromatic ring is 1. The summed E-state index contributed by atoms with van der Waals surface area (Å²) >= 11 is 5.79. The standard InChI is InChI=1S/C10H15ClN4O/c11-9-8(12)10(14-5-13-9)15-6-2-1-3-7(16)4-6/h5-7,16H,1-4,12H2,(H,13,14,15). The lowest BCUT2D eigenvalue weighted by molar-refractivity contribution is 0.124. The fourth-order valence-electron chi connectivity index (χ4n) is 1.98. The van der Waals surface area contributed by atoms with Gasteiger partial charge in [0.05, 0.1) is 6.10 Å². The Bertz CT molecular complexity index is 374. The van der Waals surface area contributed by atoms with E-state index in [9.17, 15) is 5.11 Å². The average molecular weight is 243 g/mol. The van der Waals surface area contributed by atoms with Crippen molar-refractivity contribution >= 4 is 23.1 Å². The molecule has 1 heterocycles. The maximum absolute atomic E-state index is 9.55. The molecule has 16 heavy (non-hydrogen) atoms. The van der Waals surface area contributed by atoms with Gasteiger partial charge < -0.3 is 16.2 Å². The number of anilines is 2. The van der Waals surface area contributed by atoms with Crippen molar-refractivity contribution < 1.29 is 5.11 Å². The van der Waals surface area contributed by atoms with Crippen molar-refractivity contribution in [1.82, 2.24) is 9.97 Å². The minimum absolute atomic E-state index is 0.206. The molecule has 0 bridgehead atoms. The maximum Gasteiger partial charge on any atom is 0.157 e. The quantitative estimate of drug-likeness (QED) is 0.684. The number of nitrogens with one attached hydrogen (secondary N) is 1. The van der Waals surface area contributed by atoms with Crippen molar-refractivity contribution in [1.29, 1.82) is 0 Å². The van der Waals surface area contributed by atoms with Gasteiger partial charge in [-0.25, -0.2) is 9.97 Å². The highest BCUT2D eigenvalue weighted by molar-refractivity contribution is 6.32. The molecule has 1 saturated carbocycles. The SMILES string of the molecule is Nc1c(Cl)ncnc1NC1CCCC(O)C1. The van der Waals surface area contributed by atoms with E-state index in [0.717, 1.165) is 25.7 Å². The molecular weight excluding hydrogens is 228 g/mol. The Morgan fingerprint density at radius 1 is 1.44 bits per heavy atom. The molecule has 1 aliphatic carbocycles. The van der Waals surface area contributed by atoms with Gasteiger partial charge >= 0.3 is 0 Å². The molecule has 0 aliphatic heterocycles. The molecular formula is C10H15ClN4O. The minimum Gasteiger partial charge on any atom is -0.393 e. The third-order valence-corrected chi connectivity index (χ3v) is 3.12. The lowest BCUT2D eigenvalue weighted by Gasteiger charge is -2.27. The van der Waals surface area contributed by atoms with Gasteiger partial charge in [0.25, 0.3) is 0 Å². The fraction of sp³-hybridized carbons (Fsp3) is 0.600. The second-order valence-electron chi connectivity index (χ2n) is 4.09. The van der Waals surface area contributed by atoms with E-state index in [2.05, 4.69) is 15.3 Å². The highest BCUT2D eigenvalue weighted by Gasteiger charge is 2.21. The van der Waals surface area contributed by atoms with Gasteiger partial charge in [0.15, 0.2) is 11.0 Å². The first-order valence-electron chi connectivity index (χ1n) is 5.37. The largest absolute Gasteiger partial charge is 0.393 e. The molecule has 6 heteroatoms. The van der Waals surface area contributed by atoms with Crippen molar-refractivity contribution in [3.63, 3.8) is 0 Å². The van der Waals surface area contributed by atoms with Crippen molar-refractivity contribution in [2.45, 2.75) is 37.8 Å². The first-order valence-corrected chi connectivity index (χ1v) is 5.75. The topological polar surface area (TPSA) is 84.1 Å². The Hall–Kier alpha value is -1.07. The molecule has 2 atom stereocenters. The zero-order valence-electron chi connectivity index (χ0n) is 8.86. The van der Waals surface area contributed by atoms with E-state index in [0.29, 0.717) is 11.5 Å². The van der Waals surface area contributed by atoms with E-state index in [4.69, 9.17) is 17.3 Å². The molecule has 4 N–H and O–H groups in total. The molecule has 1 aromatic heterocycles. The van der Waals surface area contributed by atoms with Gasteiger partial charge in [-0.3, -0.25) is 0 Å². The number of nitrogens with two attached hydrogens (primary N) is 1. The molecule has 1 fully saturated rings. The first kappa shape index (κ1) is 11.4. The van der Waals surface area contributed by atoms with Crippen molar-refractivity contribution in [2.75, 3.05) is 11.1 Å². The van der Waals surface area contributed by atoms with Crippen LogP contribution in [0, 0.1) is 0 Å². The van der Waals surface area contributed by atoms with Crippen LogP contribution in [0.4, 0.5) is 11.5 Å². The summed E-state index contributed by atoms with van der Waals surface area (Å²) in [6.45, 7) is 0. The summed E-state index contributed by atoms with van der Waals surface area (Å²) in [5.41, 5.74) is 6.12. The number of nitrogens with zero attached hydrogens (tertiary/aromatic N) is 2. The first-order chi connectivity index (χ1) is 7.66. The van der Waals surface area contributed by atoms with Crippen LogP contribution in [0.15, 0.2) is 6.33 Å². The number of halogens is 1. The second kappa shape index (κ2) is 4.84. The predicted octanol–water partition coefficient (Wildman–Crippen LogP) is 1.43. The van der Waals surface area contributed by atoms with Gasteiger partial charge in [-0.2, -0.15) is 0 Å². The van der Waals surface area contributed by atoms with Crippen molar-refractivity contribution in [3.8, 4) is 0 Å². The van der Waals surface area contributed by atoms with Crippen LogP contribution in [-0.2, 0) is 0 Å². The van der Waals surface area contributed by atoms with Crippen molar-refractivity contribution in [2.24, 2.45) is 0 Å². The average Bonchev–Trinajstić information content (AvgIpc) is 2.25. The molecule has 0 aromatic carbocycles. The van der Waals surface area contributed by atoms with Crippen LogP contribution < -0.4 is 11.1 Å². The van der Waals surface area contributed by atoms with Gasteiger partial charge in [-0.15, -0.1) is 0 Å². The molecule has 0 radical (unpaired) electrons.